The van der Waals surface area contributed by atoms with Crippen LogP contribution in [0.4, 0.5) is 0 Å². The molecular formula is C14H19BrClNO2. The van der Waals surface area contributed by atoms with Crippen LogP contribution in [0.1, 0.15) is 24.5 Å². The van der Waals surface area contributed by atoms with Crippen molar-refractivity contribution in [3.05, 3.63) is 33.3 Å². The fourth-order valence-electron chi connectivity index (χ4n) is 2.31. The minimum atomic E-state index is -0.523. The molecule has 1 aliphatic heterocycles. The minimum Gasteiger partial charge on any atom is -0.388 e. The Bertz CT molecular complexity index is 424. The van der Waals surface area contributed by atoms with E-state index in [9.17, 15) is 5.11 Å². The highest BCUT2D eigenvalue weighted by Gasteiger charge is 2.21. The Balaban J connectivity index is 1.88. The fourth-order valence-corrected chi connectivity index (χ4v) is 3.10. The highest BCUT2D eigenvalue weighted by Crippen LogP contribution is 2.28. The van der Waals surface area contributed by atoms with Crippen LogP contribution in [0.2, 0.25) is 5.02 Å². The van der Waals surface area contributed by atoms with Gasteiger partial charge in [-0.05, 0) is 37.6 Å². The molecule has 0 aromatic heterocycles. The molecule has 0 bridgehead atoms. The zero-order valence-electron chi connectivity index (χ0n) is 11.0. The molecule has 1 aromatic carbocycles. The molecule has 1 aromatic rings. The number of aliphatic hydroxyl groups is 1. The summed E-state index contributed by atoms with van der Waals surface area (Å²) in [6, 6.07) is 6.07. The number of halogens is 2. The van der Waals surface area contributed by atoms with Crippen LogP contribution < -0.4 is 0 Å². The normalized spacial score (nSPS) is 21.0. The fraction of sp³-hybridized carbons (Fsp3) is 0.571. The summed E-state index contributed by atoms with van der Waals surface area (Å²) in [5.41, 5.74) is 0.793. The van der Waals surface area contributed by atoms with E-state index in [1.165, 1.54) is 0 Å². The molecule has 1 N–H and O–H groups in total. The molecule has 19 heavy (non-hydrogen) atoms. The van der Waals surface area contributed by atoms with Crippen LogP contribution in [0.25, 0.3) is 0 Å². The molecule has 0 saturated carbocycles. The Morgan fingerprint density at radius 2 is 2.37 bits per heavy atom. The van der Waals surface area contributed by atoms with Gasteiger partial charge in [-0.25, -0.2) is 0 Å². The molecule has 2 unspecified atom stereocenters. The number of ether oxygens (including phenoxy) is 1. The van der Waals surface area contributed by atoms with Crippen LogP contribution in [0, 0.1) is 0 Å². The number of hydrogen-bond acceptors (Lipinski definition) is 3. The monoisotopic (exact) mass is 347 g/mol. The number of aliphatic hydroxyl groups excluding tert-OH is 1. The maximum Gasteiger partial charge on any atom is 0.0816 e. The molecule has 0 spiro atoms. The van der Waals surface area contributed by atoms with E-state index in [2.05, 4.69) is 27.9 Å². The first kappa shape index (κ1) is 15.3. The summed E-state index contributed by atoms with van der Waals surface area (Å²) in [5.74, 6) is 0. The molecule has 5 heteroatoms. The molecule has 2 rings (SSSR count). The van der Waals surface area contributed by atoms with Crippen molar-refractivity contribution in [3.63, 3.8) is 0 Å². The first-order valence-corrected chi connectivity index (χ1v) is 7.66. The highest BCUT2D eigenvalue weighted by atomic mass is 79.9. The van der Waals surface area contributed by atoms with Crippen molar-refractivity contribution in [3.8, 4) is 0 Å². The van der Waals surface area contributed by atoms with Crippen LogP contribution in [-0.4, -0.2) is 42.9 Å². The van der Waals surface area contributed by atoms with Gasteiger partial charge in [0, 0.05) is 28.7 Å². The highest BCUT2D eigenvalue weighted by molar-refractivity contribution is 9.10. The first-order valence-electron chi connectivity index (χ1n) is 6.49. The second-order valence-electron chi connectivity index (χ2n) is 4.97. The lowest BCUT2D eigenvalue weighted by atomic mass is 10.1. The van der Waals surface area contributed by atoms with Gasteiger partial charge in [0.2, 0.25) is 0 Å². The lowest BCUT2D eigenvalue weighted by Crippen LogP contribution is -2.33. The summed E-state index contributed by atoms with van der Waals surface area (Å²) in [4.78, 5) is 2.25. The summed E-state index contributed by atoms with van der Waals surface area (Å²) < 4.78 is 6.30. The molecule has 1 fully saturated rings. The van der Waals surface area contributed by atoms with Gasteiger partial charge < -0.3 is 14.7 Å². The SMILES string of the molecule is CN(CCC(O)c1ccc(Br)cc1Cl)C1CCOC1. The third-order valence-electron chi connectivity index (χ3n) is 3.61. The van der Waals surface area contributed by atoms with E-state index in [0.717, 1.165) is 36.2 Å². The van der Waals surface area contributed by atoms with E-state index in [1.54, 1.807) is 0 Å². The number of likely N-dealkylation sites (N-methyl/N-ethyl adjacent to an activating group) is 1. The zero-order valence-corrected chi connectivity index (χ0v) is 13.3. The average molecular weight is 349 g/mol. The molecule has 0 amide bonds. The molecule has 0 radical (unpaired) electrons. The van der Waals surface area contributed by atoms with E-state index >= 15 is 0 Å². The van der Waals surface area contributed by atoms with Gasteiger partial charge in [-0.15, -0.1) is 0 Å². The van der Waals surface area contributed by atoms with E-state index in [-0.39, 0.29) is 0 Å². The Labute approximate surface area is 127 Å². The van der Waals surface area contributed by atoms with Crippen molar-refractivity contribution < 1.29 is 9.84 Å². The third-order valence-corrected chi connectivity index (χ3v) is 4.43. The molecular weight excluding hydrogens is 330 g/mol. The summed E-state index contributed by atoms with van der Waals surface area (Å²) in [5, 5.41) is 10.8. The first-order chi connectivity index (χ1) is 9.08. The van der Waals surface area contributed by atoms with Crippen LogP contribution in [0.15, 0.2) is 22.7 Å². The maximum atomic E-state index is 10.2. The standard InChI is InChI=1S/C14H19BrClNO2/c1-17(11-5-7-19-9-11)6-4-14(18)12-3-2-10(15)8-13(12)16/h2-3,8,11,14,18H,4-7,9H2,1H3. The van der Waals surface area contributed by atoms with Crippen molar-refractivity contribution in [2.24, 2.45) is 0 Å². The van der Waals surface area contributed by atoms with E-state index in [4.69, 9.17) is 16.3 Å². The minimum absolute atomic E-state index is 0.479. The number of nitrogens with zero attached hydrogens (tertiary/aromatic N) is 1. The van der Waals surface area contributed by atoms with Gasteiger partial charge in [-0.1, -0.05) is 33.6 Å². The quantitative estimate of drug-likeness (QED) is 0.886. The van der Waals surface area contributed by atoms with E-state index in [0.29, 0.717) is 17.5 Å². The van der Waals surface area contributed by atoms with E-state index in [1.807, 2.05) is 18.2 Å². The molecule has 1 saturated heterocycles. The van der Waals surface area contributed by atoms with Gasteiger partial charge in [-0.2, -0.15) is 0 Å². The Morgan fingerprint density at radius 1 is 1.58 bits per heavy atom. The van der Waals surface area contributed by atoms with Gasteiger partial charge in [0.1, 0.15) is 0 Å². The van der Waals surface area contributed by atoms with Gasteiger partial charge in [-0.3, -0.25) is 0 Å². The Hall–Kier alpha value is -0.130. The zero-order chi connectivity index (χ0) is 13.8. The smallest absolute Gasteiger partial charge is 0.0816 e. The Kier molecular flexibility index (Phi) is 5.66. The summed E-state index contributed by atoms with van der Waals surface area (Å²) in [6.45, 7) is 2.48. The van der Waals surface area contributed by atoms with Gasteiger partial charge in [0.15, 0.2) is 0 Å². The number of rotatable bonds is 5. The number of benzene rings is 1. The molecule has 1 heterocycles. The van der Waals surface area contributed by atoms with Crippen molar-refractivity contribution >= 4 is 27.5 Å². The van der Waals surface area contributed by atoms with E-state index < -0.39 is 6.10 Å². The van der Waals surface area contributed by atoms with Crippen LogP contribution in [0.5, 0.6) is 0 Å². The van der Waals surface area contributed by atoms with Crippen molar-refractivity contribution in [1.29, 1.82) is 0 Å². The summed E-state index contributed by atoms with van der Waals surface area (Å²) in [6.07, 6.45) is 1.23. The predicted octanol–water partition coefficient (Wildman–Crippen LogP) is 3.25. The molecule has 1 aliphatic rings. The lowest BCUT2D eigenvalue weighted by molar-refractivity contribution is 0.124. The van der Waals surface area contributed by atoms with Crippen LogP contribution in [-0.2, 0) is 4.74 Å². The van der Waals surface area contributed by atoms with Crippen LogP contribution >= 0.6 is 27.5 Å². The summed E-state index contributed by atoms with van der Waals surface area (Å²) >= 11 is 9.51. The second-order valence-corrected chi connectivity index (χ2v) is 6.29. The van der Waals surface area contributed by atoms with Crippen molar-refractivity contribution in [2.75, 3.05) is 26.8 Å². The summed E-state index contributed by atoms with van der Waals surface area (Å²) in [7, 11) is 2.08. The second kappa shape index (κ2) is 7.04. The van der Waals surface area contributed by atoms with Crippen molar-refractivity contribution in [1.82, 2.24) is 4.90 Å². The lowest BCUT2D eigenvalue weighted by Gasteiger charge is -2.24. The molecule has 0 aliphatic carbocycles. The van der Waals surface area contributed by atoms with Gasteiger partial charge in [0.05, 0.1) is 12.7 Å². The van der Waals surface area contributed by atoms with Gasteiger partial charge >= 0.3 is 0 Å². The predicted molar refractivity (Wildman–Crippen MR) is 80.6 cm³/mol. The van der Waals surface area contributed by atoms with Crippen molar-refractivity contribution in [2.45, 2.75) is 25.0 Å². The largest absolute Gasteiger partial charge is 0.388 e. The Morgan fingerprint density at radius 3 is 3.00 bits per heavy atom. The van der Waals surface area contributed by atoms with Gasteiger partial charge in [0.25, 0.3) is 0 Å². The molecule has 106 valence electrons. The molecule has 3 nitrogen and oxygen atoms in total. The van der Waals surface area contributed by atoms with Crippen LogP contribution in [0.3, 0.4) is 0 Å². The third kappa shape index (κ3) is 4.17. The number of hydrogen-bond donors (Lipinski definition) is 1. The molecule has 2 atom stereocenters. The topological polar surface area (TPSA) is 32.7 Å². The maximum absolute atomic E-state index is 10.2. The average Bonchev–Trinajstić information content (AvgIpc) is 2.89.